The van der Waals surface area contributed by atoms with Crippen LogP contribution in [0.5, 0.6) is 0 Å². The highest BCUT2D eigenvalue weighted by molar-refractivity contribution is 6.30. The molecule has 10 heteroatoms. The standard InChI is InChI=1S/C26H25ClF2N4O3/c1-14(2)10-20(32(3)23(34)16-8-9-18(27)22(29)21(16)28)24(35)33-13-26(11-15(33)12-30)17-6-4-5-7-19(17)31-25(26)36/h4-9,14-15,20H,10-11,13H2,1-3H3,(H,31,36)/t15-,20-,26-/m0/s1. The van der Waals surface area contributed by atoms with Crippen molar-refractivity contribution in [3.63, 3.8) is 0 Å². The molecule has 2 aromatic carbocycles. The molecule has 2 heterocycles. The SMILES string of the molecule is CC(C)C[C@@H](C(=O)N1C[C@]2(C[C@H]1C#N)C(=O)Nc1ccccc12)N(C)C(=O)c1ccc(Cl)c(F)c1F. The number of hydrogen-bond acceptors (Lipinski definition) is 4. The van der Waals surface area contributed by atoms with Gasteiger partial charge >= 0.3 is 0 Å². The van der Waals surface area contributed by atoms with Gasteiger partial charge < -0.3 is 15.1 Å². The fourth-order valence-corrected chi connectivity index (χ4v) is 5.22. The van der Waals surface area contributed by atoms with Crippen molar-refractivity contribution in [1.29, 1.82) is 5.26 Å². The summed E-state index contributed by atoms with van der Waals surface area (Å²) in [5.41, 5.74) is -0.281. The van der Waals surface area contributed by atoms with E-state index in [1.807, 2.05) is 13.8 Å². The Morgan fingerprint density at radius 3 is 2.61 bits per heavy atom. The molecule has 2 aliphatic heterocycles. The van der Waals surface area contributed by atoms with E-state index in [0.717, 1.165) is 17.0 Å². The third-order valence-corrected chi connectivity index (χ3v) is 7.24. The van der Waals surface area contributed by atoms with Crippen LogP contribution < -0.4 is 5.32 Å². The summed E-state index contributed by atoms with van der Waals surface area (Å²) in [6.45, 7) is 3.68. The van der Waals surface area contributed by atoms with Crippen molar-refractivity contribution in [3.8, 4) is 6.07 Å². The van der Waals surface area contributed by atoms with Gasteiger partial charge in [-0.1, -0.05) is 43.6 Å². The molecule has 1 spiro atoms. The van der Waals surface area contributed by atoms with Crippen LogP contribution in [0.1, 0.15) is 42.6 Å². The molecule has 4 rings (SSSR count). The highest BCUT2D eigenvalue weighted by Crippen LogP contribution is 2.46. The van der Waals surface area contributed by atoms with E-state index in [1.165, 1.54) is 11.9 Å². The van der Waals surface area contributed by atoms with E-state index in [9.17, 15) is 28.4 Å². The Hall–Kier alpha value is -3.51. The molecule has 2 aromatic rings. The minimum Gasteiger partial charge on any atom is -0.330 e. The summed E-state index contributed by atoms with van der Waals surface area (Å²) in [6, 6.07) is 9.44. The van der Waals surface area contributed by atoms with E-state index < -0.39 is 51.5 Å². The summed E-state index contributed by atoms with van der Waals surface area (Å²) in [6.07, 6.45) is 0.324. The minimum absolute atomic E-state index is 0.0343. The molecule has 36 heavy (non-hydrogen) atoms. The van der Waals surface area contributed by atoms with Crippen LogP contribution in [-0.4, -0.2) is 53.2 Å². The maximum atomic E-state index is 14.5. The third-order valence-electron chi connectivity index (χ3n) is 6.95. The number of nitrogens with zero attached hydrogens (tertiary/aromatic N) is 3. The van der Waals surface area contributed by atoms with Crippen LogP contribution in [0.2, 0.25) is 5.02 Å². The topological polar surface area (TPSA) is 93.5 Å². The van der Waals surface area contributed by atoms with E-state index in [2.05, 4.69) is 11.4 Å². The minimum atomic E-state index is -1.40. The van der Waals surface area contributed by atoms with Gasteiger partial charge in [0.15, 0.2) is 11.6 Å². The molecule has 2 aliphatic rings. The Labute approximate surface area is 212 Å². The number of carbonyl (C=O) groups is 3. The summed E-state index contributed by atoms with van der Waals surface area (Å²) in [5, 5.41) is 12.3. The summed E-state index contributed by atoms with van der Waals surface area (Å²) in [4.78, 5) is 42.5. The molecular weight excluding hydrogens is 490 g/mol. The Morgan fingerprint density at radius 1 is 1.25 bits per heavy atom. The summed E-state index contributed by atoms with van der Waals surface area (Å²) in [5.74, 6) is -4.51. The predicted octanol–water partition coefficient (Wildman–Crippen LogP) is 4.12. The fraction of sp³-hybridized carbons (Fsp3) is 0.385. The van der Waals surface area contributed by atoms with Gasteiger partial charge in [0.25, 0.3) is 5.91 Å². The summed E-state index contributed by atoms with van der Waals surface area (Å²) < 4.78 is 28.5. The molecule has 3 amide bonds. The van der Waals surface area contributed by atoms with E-state index in [1.54, 1.807) is 24.3 Å². The highest BCUT2D eigenvalue weighted by atomic mass is 35.5. The van der Waals surface area contributed by atoms with E-state index in [-0.39, 0.29) is 31.2 Å². The molecule has 1 saturated heterocycles. The lowest BCUT2D eigenvalue weighted by atomic mass is 9.80. The Bertz CT molecular complexity index is 1290. The molecule has 0 bridgehead atoms. The molecule has 0 radical (unpaired) electrons. The van der Waals surface area contributed by atoms with E-state index >= 15 is 0 Å². The second-order valence-electron chi connectivity index (χ2n) is 9.68. The Kier molecular flexibility index (Phi) is 6.76. The van der Waals surface area contributed by atoms with Crippen molar-refractivity contribution in [2.75, 3.05) is 18.9 Å². The summed E-state index contributed by atoms with van der Waals surface area (Å²) >= 11 is 5.61. The van der Waals surface area contributed by atoms with Crippen molar-refractivity contribution in [3.05, 3.63) is 64.2 Å². The number of rotatable bonds is 5. The predicted molar refractivity (Wildman–Crippen MR) is 129 cm³/mol. The molecule has 1 fully saturated rings. The average molecular weight is 515 g/mol. The first-order chi connectivity index (χ1) is 17.0. The highest BCUT2D eigenvalue weighted by Gasteiger charge is 2.56. The van der Waals surface area contributed by atoms with Gasteiger partial charge in [-0.25, -0.2) is 8.78 Å². The van der Waals surface area contributed by atoms with Crippen LogP contribution >= 0.6 is 11.6 Å². The maximum absolute atomic E-state index is 14.5. The normalized spacial score (nSPS) is 21.3. The molecule has 3 atom stereocenters. The molecular formula is C26H25ClF2N4O3. The number of fused-ring (bicyclic) bond motifs is 2. The second kappa shape index (κ2) is 9.51. The number of para-hydroxylation sites is 1. The van der Waals surface area contributed by atoms with Crippen LogP contribution in [0.3, 0.4) is 0 Å². The van der Waals surface area contributed by atoms with Gasteiger partial charge in [-0.3, -0.25) is 14.4 Å². The van der Waals surface area contributed by atoms with Gasteiger partial charge in [0, 0.05) is 25.7 Å². The van der Waals surface area contributed by atoms with Gasteiger partial charge in [0.1, 0.15) is 12.1 Å². The van der Waals surface area contributed by atoms with Crippen molar-refractivity contribution < 1.29 is 23.2 Å². The van der Waals surface area contributed by atoms with Gasteiger partial charge in [-0.05, 0) is 36.1 Å². The zero-order valence-electron chi connectivity index (χ0n) is 20.0. The zero-order valence-corrected chi connectivity index (χ0v) is 20.8. The molecule has 0 aromatic heterocycles. The van der Waals surface area contributed by atoms with Gasteiger partial charge in [0.05, 0.1) is 22.1 Å². The zero-order chi connectivity index (χ0) is 26.4. The average Bonchev–Trinajstić information content (AvgIpc) is 3.38. The first kappa shape index (κ1) is 25.6. The smallest absolute Gasteiger partial charge is 0.257 e. The fourth-order valence-electron chi connectivity index (χ4n) is 5.07. The van der Waals surface area contributed by atoms with Gasteiger partial charge in [-0.2, -0.15) is 5.26 Å². The first-order valence-corrected chi connectivity index (χ1v) is 11.9. The molecule has 1 N–H and O–H groups in total. The number of likely N-dealkylation sites (N-methyl/N-ethyl adjacent to an activating group) is 1. The van der Waals surface area contributed by atoms with Crippen LogP contribution in [0.25, 0.3) is 0 Å². The van der Waals surface area contributed by atoms with Crippen molar-refractivity contribution in [1.82, 2.24) is 9.80 Å². The molecule has 0 aliphatic carbocycles. The first-order valence-electron chi connectivity index (χ1n) is 11.5. The number of carbonyl (C=O) groups excluding carboxylic acids is 3. The lowest BCUT2D eigenvalue weighted by molar-refractivity contribution is -0.136. The number of likely N-dealkylation sites (tertiary alicyclic amines) is 1. The summed E-state index contributed by atoms with van der Waals surface area (Å²) in [7, 11) is 1.34. The monoisotopic (exact) mass is 514 g/mol. The second-order valence-corrected chi connectivity index (χ2v) is 10.1. The molecule has 0 unspecified atom stereocenters. The van der Waals surface area contributed by atoms with Gasteiger partial charge in [-0.15, -0.1) is 0 Å². The largest absolute Gasteiger partial charge is 0.330 e. The van der Waals surface area contributed by atoms with Crippen LogP contribution in [0.15, 0.2) is 36.4 Å². The van der Waals surface area contributed by atoms with Gasteiger partial charge in [0.2, 0.25) is 11.8 Å². The Morgan fingerprint density at radius 2 is 1.94 bits per heavy atom. The van der Waals surface area contributed by atoms with Crippen LogP contribution in [0, 0.1) is 28.9 Å². The number of halogens is 3. The van der Waals surface area contributed by atoms with E-state index in [4.69, 9.17) is 11.6 Å². The number of nitrogens with one attached hydrogen (secondary N) is 1. The molecule has 188 valence electrons. The number of amides is 3. The molecule has 7 nitrogen and oxygen atoms in total. The quantitative estimate of drug-likeness (QED) is 0.607. The van der Waals surface area contributed by atoms with Crippen molar-refractivity contribution >= 4 is 35.0 Å². The lowest BCUT2D eigenvalue weighted by Gasteiger charge is -2.33. The number of nitriles is 1. The number of anilines is 1. The van der Waals surface area contributed by atoms with Crippen LogP contribution in [0.4, 0.5) is 14.5 Å². The molecule has 0 saturated carbocycles. The van der Waals surface area contributed by atoms with E-state index in [0.29, 0.717) is 11.3 Å². The number of benzene rings is 2. The third kappa shape index (κ3) is 4.09. The number of hydrogen-bond donors (Lipinski definition) is 1. The van der Waals surface area contributed by atoms with Crippen molar-refractivity contribution in [2.45, 2.75) is 44.2 Å². The maximum Gasteiger partial charge on any atom is 0.257 e. The Balaban J connectivity index is 1.68. The lowest BCUT2D eigenvalue weighted by Crippen LogP contribution is -2.52. The van der Waals surface area contributed by atoms with Crippen molar-refractivity contribution in [2.24, 2.45) is 5.92 Å². The van der Waals surface area contributed by atoms with Crippen LogP contribution in [-0.2, 0) is 15.0 Å².